The Morgan fingerprint density at radius 2 is 2.13 bits per heavy atom. The van der Waals surface area contributed by atoms with E-state index in [0.717, 1.165) is 34.2 Å². The Bertz CT molecular complexity index is 1110. The second kappa shape index (κ2) is 8.53. The molecule has 1 N–H and O–H groups in total. The highest BCUT2D eigenvalue weighted by atomic mass is 32.2. The minimum Gasteiger partial charge on any atom is -0.463 e. The molecule has 0 aromatic carbocycles. The molecular formula is C22H27N2O4S2+. The molecule has 3 aromatic heterocycles. The molecule has 8 heteroatoms. The van der Waals surface area contributed by atoms with Crippen molar-refractivity contribution in [2.45, 2.75) is 39.4 Å². The van der Waals surface area contributed by atoms with Crippen molar-refractivity contribution in [3.63, 3.8) is 0 Å². The zero-order chi connectivity index (χ0) is 21.3. The maximum absolute atomic E-state index is 13.3. The summed E-state index contributed by atoms with van der Waals surface area (Å²) in [5.41, 5.74) is 2.74. The van der Waals surface area contributed by atoms with E-state index in [4.69, 9.17) is 4.42 Å². The average Bonchev–Trinajstić information content (AvgIpc) is 3.47. The molecule has 1 saturated heterocycles. The average molecular weight is 448 g/mol. The minimum absolute atomic E-state index is 0.0476. The number of nitrogens with one attached hydrogen (secondary N) is 1. The number of rotatable bonds is 8. The predicted molar refractivity (Wildman–Crippen MR) is 117 cm³/mol. The van der Waals surface area contributed by atoms with Crippen LogP contribution in [0.2, 0.25) is 0 Å². The van der Waals surface area contributed by atoms with Gasteiger partial charge in [-0.15, -0.1) is 11.3 Å². The summed E-state index contributed by atoms with van der Waals surface area (Å²) in [5, 5.41) is 2.06. The van der Waals surface area contributed by atoms with Gasteiger partial charge in [0.1, 0.15) is 24.9 Å². The number of hydrogen-bond donors (Lipinski definition) is 1. The Hall–Kier alpha value is -2.16. The van der Waals surface area contributed by atoms with Crippen molar-refractivity contribution < 1.29 is 22.5 Å². The van der Waals surface area contributed by atoms with Crippen LogP contribution in [-0.2, 0) is 22.9 Å². The van der Waals surface area contributed by atoms with Crippen molar-refractivity contribution in [2.24, 2.45) is 0 Å². The van der Waals surface area contributed by atoms with E-state index in [1.54, 1.807) is 17.6 Å². The van der Waals surface area contributed by atoms with Crippen LogP contribution in [0.15, 0.2) is 46.4 Å². The van der Waals surface area contributed by atoms with Gasteiger partial charge in [0.2, 0.25) is 5.78 Å². The first-order valence-corrected chi connectivity index (χ1v) is 12.8. The molecule has 1 aliphatic heterocycles. The summed E-state index contributed by atoms with van der Waals surface area (Å²) in [6.45, 7) is 5.53. The third kappa shape index (κ3) is 4.61. The Balaban J connectivity index is 1.55. The van der Waals surface area contributed by atoms with Crippen molar-refractivity contribution in [2.75, 3.05) is 18.1 Å². The van der Waals surface area contributed by atoms with Gasteiger partial charge in [0, 0.05) is 28.2 Å². The standard InChI is InChI=1S/C22H26N2O4S2/c1-16-11-21(17(2)24(16)13-20-6-4-9-29-20)22(25)14-23(12-19-5-3-8-28-19)18-7-10-30(26,27)15-18/h3-6,8-9,11,18H,7,10,12-15H2,1-2H3/p+1/t18-/m1/s1. The second-order valence-corrected chi connectivity index (χ2v) is 11.3. The van der Waals surface area contributed by atoms with Gasteiger partial charge in [0.05, 0.1) is 18.6 Å². The largest absolute Gasteiger partial charge is 0.463 e. The van der Waals surface area contributed by atoms with Crippen molar-refractivity contribution >= 4 is 27.0 Å². The summed E-state index contributed by atoms with van der Waals surface area (Å²) >= 11 is 1.70. The molecule has 1 unspecified atom stereocenters. The monoisotopic (exact) mass is 447 g/mol. The summed E-state index contributed by atoms with van der Waals surface area (Å²) < 4.78 is 31.7. The maximum Gasteiger partial charge on any atom is 0.218 e. The number of aromatic nitrogens is 1. The number of quaternary nitrogens is 1. The van der Waals surface area contributed by atoms with E-state index in [0.29, 0.717) is 13.0 Å². The number of hydrogen-bond acceptors (Lipinski definition) is 5. The number of nitrogens with zero attached hydrogens (tertiary/aromatic N) is 1. The third-order valence-corrected chi connectivity index (χ3v) is 8.58. The molecule has 2 atom stereocenters. The van der Waals surface area contributed by atoms with Crippen LogP contribution in [0.25, 0.3) is 0 Å². The van der Waals surface area contributed by atoms with Gasteiger partial charge in [-0.2, -0.15) is 0 Å². The molecule has 160 valence electrons. The first-order chi connectivity index (χ1) is 14.3. The van der Waals surface area contributed by atoms with E-state index < -0.39 is 9.84 Å². The number of ketones is 1. The highest BCUT2D eigenvalue weighted by molar-refractivity contribution is 7.91. The number of furan rings is 1. The highest BCUT2D eigenvalue weighted by Crippen LogP contribution is 2.20. The lowest BCUT2D eigenvalue weighted by atomic mass is 10.1. The Morgan fingerprint density at radius 3 is 2.77 bits per heavy atom. The van der Waals surface area contributed by atoms with Crippen LogP contribution in [0.4, 0.5) is 0 Å². The molecule has 1 aliphatic rings. The van der Waals surface area contributed by atoms with Gasteiger partial charge in [0.15, 0.2) is 15.6 Å². The molecule has 3 aromatic rings. The summed E-state index contributed by atoms with van der Waals surface area (Å²) in [4.78, 5) is 15.5. The van der Waals surface area contributed by atoms with Crippen LogP contribution in [0.5, 0.6) is 0 Å². The number of aryl methyl sites for hydroxylation is 1. The van der Waals surface area contributed by atoms with Gasteiger partial charge >= 0.3 is 0 Å². The molecule has 0 bridgehead atoms. The van der Waals surface area contributed by atoms with Crippen LogP contribution in [0, 0.1) is 13.8 Å². The number of carbonyl (C=O) groups is 1. The van der Waals surface area contributed by atoms with E-state index in [-0.39, 0.29) is 29.9 Å². The van der Waals surface area contributed by atoms with E-state index >= 15 is 0 Å². The van der Waals surface area contributed by atoms with E-state index in [2.05, 4.69) is 16.0 Å². The minimum atomic E-state index is -3.03. The lowest BCUT2D eigenvalue weighted by Crippen LogP contribution is -3.15. The summed E-state index contributed by atoms with van der Waals surface area (Å²) in [7, 11) is -3.03. The molecule has 0 spiro atoms. The number of Topliss-reactive ketones (excluding diaryl/α,β-unsaturated/α-hetero) is 1. The molecule has 4 rings (SSSR count). The third-order valence-electron chi connectivity index (χ3n) is 5.95. The van der Waals surface area contributed by atoms with E-state index in [1.165, 1.54) is 4.88 Å². The SMILES string of the molecule is Cc1cc(C(=O)C[NH+](Cc2ccco2)[C@@H]2CCS(=O)(=O)C2)c(C)n1Cc1cccs1. The molecule has 0 radical (unpaired) electrons. The fourth-order valence-electron chi connectivity index (χ4n) is 4.29. The zero-order valence-corrected chi connectivity index (χ0v) is 18.9. The van der Waals surface area contributed by atoms with Crippen molar-refractivity contribution in [3.05, 3.63) is 69.6 Å². The van der Waals surface area contributed by atoms with Crippen molar-refractivity contribution in [3.8, 4) is 0 Å². The normalized spacial score (nSPS) is 19.2. The Labute approximate surface area is 181 Å². The fraction of sp³-hybridized carbons (Fsp3) is 0.409. The fourth-order valence-corrected chi connectivity index (χ4v) is 6.81. The predicted octanol–water partition coefficient (Wildman–Crippen LogP) is 2.26. The first-order valence-electron chi connectivity index (χ1n) is 10.1. The molecule has 1 fully saturated rings. The molecule has 6 nitrogen and oxygen atoms in total. The number of thiophene rings is 1. The van der Waals surface area contributed by atoms with Gasteiger partial charge in [-0.25, -0.2) is 8.42 Å². The van der Waals surface area contributed by atoms with Gasteiger partial charge in [-0.1, -0.05) is 6.07 Å². The zero-order valence-electron chi connectivity index (χ0n) is 17.3. The molecule has 0 saturated carbocycles. The van der Waals surface area contributed by atoms with Gasteiger partial charge < -0.3 is 13.9 Å². The lowest BCUT2D eigenvalue weighted by molar-refractivity contribution is -0.928. The number of carbonyl (C=O) groups excluding carboxylic acids is 1. The smallest absolute Gasteiger partial charge is 0.218 e. The lowest BCUT2D eigenvalue weighted by Gasteiger charge is -2.23. The molecule has 4 heterocycles. The first kappa shape index (κ1) is 21.1. The van der Waals surface area contributed by atoms with Gasteiger partial charge in [0.25, 0.3) is 0 Å². The summed E-state index contributed by atoms with van der Waals surface area (Å²) in [6.07, 6.45) is 2.20. The van der Waals surface area contributed by atoms with Gasteiger partial charge in [-0.05, 0) is 43.5 Å². The Kier molecular flexibility index (Phi) is 5.99. The highest BCUT2D eigenvalue weighted by Gasteiger charge is 2.37. The van der Waals surface area contributed by atoms with E-state index in [1.807, 2.05) is 38.1 Å². The molecule has 0 aliphatic carbocycles. The van der Waals surface area contributed by atoms with Crippen LogP contribution in [0.3, 0.4) is 0 Å². The van der Waals surface area contributed by atoms with E-state index in [9.17, 15) is 13.2 Å². The number of sulfone groups is 1. The Morgan fingerprint density at radius 1 is 1.30 bits per heavy atom. The quantitative estimate of drug-likeness (QED) is 0.538. The van der Waals surface area contributed by atoms with Crippen LogP contribution in [-0.4, -0.2) is 42.9 Å². The van der Waals surface area contributed by atoms with Crippen LogP contribution in [0.1, 0.15) is 38.8 Å². The molecule has 30 heavy (non-hydrogen) atoms. The summed E-state index contributed by atoms with van der Waals surface area (Å²) in [6, 6.07) is 9.70. The second-order valence-electron chi connectivity index (χ2n) is 8.06. The summed E-state index contributed by atoms with van der Waals surface area (Å²) in [5.74, 6) is 1.15. The van der Waals surface area contributed by atoms with Crippen LogP contribution < -0.4 is 4.90 Å². The van der Waals surface area contributed by atoms with Gasteiger partial charge in [-0.3, -0.25) is 4.79 Å². The van der Waals surface area contributed by atoms with Crippen molar-refractivity contribution in [1.82, 2.24) is 4.57 Å². The molecular weight excluding hydrogens is 420 g/mol. The topological polar surface area (TPSA) is 73.7 Å². The van der Waals surface area contributed by atoms with Crippen molar-refractivity contribution in [1.29, 1.82) is 0 Å². The van der Waals surface area contributed by atoms with Crippen LogP contribution >= 0.6 is 11.3 Å². The molecule has 0 amide bonds. The maximum atomic E-state index is 13.3.